The van der Waals surface area contributed by atoms with Crippen molar-refractivity contribution in [2.45, 2.75) is 13.0 Å². The van der Waals surface area contributed by atoms with Crippen molar-refractivity contribution in [2.75, 3.05) is 0 Å². The summed E-state index contributed by atoms with van der Waals surface area (Å²) in [5.41, 5.74) is 9.98. The van der Waals surface area contributed by atoms with Gasteiger partial charge in [-0.15, -0.1) is 24.8 Å². The minimum Gasteiger partial charge on any atom is -0.386 e. The number of halogens is 2. The summed E-state index contributed by atoms with van der Waals surface area (Å²) in [6.45, 7) is 1.67. The average molecular weight is 160 g/mol. The van der Waals surface area contributed by atoms with Crippen molar-refractivity contribution in [3.05, 3.63) is 0 Å². The molecule has 0 fully saturated rings. The van der Waals surface area contributed by atoms with Crippen LogP contribution in [0.25, 0.3) is 0 Å². The zero-order valence-electron chi connectivity index (χ0n) is 4.55. The van der Waals surface area contributed by atoms with Crippen LogP contribution in [0.5, 0.6) is 0 Å². The lowest BCUT2D eigenvalue weighted by Crippen LogP contribution is -2.32. The van der Waals surface area contributed by atoms with Gasteiger partial charge in [-0.3, -0.25) is 5.41 Å². The number of hydrogen-bond acceptors (Lipinski definition) is 2. The molecule has 0 aromatic carbocycles. The quantitative estimate of drug-likeness (QED) is 0.376. The molecule has 0 saturated carbocycles. The SMILES string of the molecule is CC(N)C(=N)N.Cl.Cl. The number of rotatable bonds is 1. The molecule has 0 rings (SSSR count). The van der Waals surface area contributed by atoms with Gasteiger partial charge in [0.1, 0.15) is 5.84 Å². The molecule has 1 atom stereocenters. The number of nitrogens with two attached hydrogens (primary N) is 2. The van der Waals surface area contributed by atoms with Crippen LogP contribution in [0.4, 0.5) is 0 Å². The van der Waals surface area contributed by atoms with Crippen LogP contribution in [0.3, 0.4) is 0 Å². The van der Waals surface area contributed by atoms with Gasteiger partial charge in [-0.2, -0.15) is 0 Å². The summed E-state index contributed by atoms with van der Waals surface area (Å²) in [6, 6.07) is -0.287. The first kappa shape index (κ1) is 15.7. The summed E-state index contributed by atoms with van der Waals surface area (Å²) in [4.78, 5) is 0. The molecule has 8 heavy (non-hydrogen) atoms. The van der Waals surface area contributed by atoms with E-state index in [1.807, 2.05) is 0 Å². The topological polar surface area (TPSA) is 75.9 Å². The molecule has 0 aliphatic heterocycles. The predicted octanol–water partition coefficient (Wildman–Crippen LogP) is 0.113. The molecular formula is C3H11Cl2N3. The van der Waals surface area contributed by atoms with E-state index in [1.54, 1.807) is 6.92 Å². The lowest BCUT2D eigenvalue weighted by atomic mass is 10.3. The second kappa shape index (κ2) is 7.01. The second-order valence-corrected chi connectivity index (χ2v) is 1.24. The highest BCUT2D eigenvalue weighted by atomic mass is 35.5. The van der Waals surface area contributed by atoms with Gasteiger partial charge in [0.05, 0.1) is 6.04 Å². The Morgan fingerprint density at radius 1 is 1.50 bits per heavy atom. The van der Waals surface area contributed by atoms with E-state index in [9.17, 15) is 0 Å². The molecule has 0 bridgehead atoms. The minimum absolute atomic E-state index is 0. The van der Waals surface area contributed by atoms with E-state index in [0.717, 1.165) is 0 Å². The van der Waals surface area contributed by atoms with E-state index in [1.165, 1.54) is 0 Å². The third kappa shape index (κ3) is 9.38. The Morgan fingerprint density at radius 2 is 1.62 bits per heavy atom. The van der Waals surface area contributed by atoms with Crippen LogP contribution >= 0.6 is 24.8 Å². The van der Waals surface area contributed by atoms with Crippen LogP contribution < -0.4 is 11.5 Å². The third-order valence-corrected chi connectivity index (χ3v) is 0.491. The molecule has 0 saturated heterocycles. The minimum atomic E-state index is -0.287. The van der Waals surface area contributed by atoms with Crippen molar-refractivity contribution in [1.82, 2.24) is 0 Å². The van der Waals surface area contributed by atoms with Crippen LogP contribution in [-0.4, -0.2) is 11.9 Å². The second-order valence-electron chi connectivity index (χ2n) is 1.24. The summed E-state index contributed by atoms with van der Waals surface area (Å²) in [5.74, 6) is 0.0370. The van der Waals surface area contributed by atoms with Crippen LogP contribution in [0.2, 0.25) is 0 Å². The zero-order valence-corrected chi connectivity index (χ0v) is 6.18. The highest BCUT2D eigenvalue weighted by Crippen LogP contribution is 1.65. The van der Waals surface area contributed by atoms with E-state index in [0.29, 0.717) is 0 Å². The zero-order chi connectivity index (χ0) is 5.15. The van der Waals surface area contributed by atoms with Gasteiger partial charge in [-0.25, -0.2) is 0 Å². The standard InChI is InChI=1S/C3H9N3.2ClH/c1-2(4)3(5)6;;/h2H,4H2,1H3,(H3,5,6);2*1H. The van der Waals surface area contributed by atoms with Crippen molar-refractivity contribution in [3.63, 3.8) is 0 Å². The van der Waals surface area contributed by atoms with E-state index < -0.39 is 0 Å². The van der Waals surface area contributed by atoms with Gasteiger partial charge in [0.2, 0.25) is 0 Å². The van der Waals surface area contributed by atoms with Crippen molar-refractivity contribution < 1.29 is 0 Å². The Labute approximate surface area is 61.1 Å². The summed E-state index contributed by atoms with van der Waals surface area (Å²) < 4.78 is 0. The number of amidine groups is 1. The van der Waals surface area contributed by atoms with Gasteiger partial charge in [0, 0.05) is 0 Å². The van der Waals surface area contributed by atoms with Crippen LogP contribution in [0.15, 0.2) is 0 Å². The van der Waals surface area contributed by atoms with Crippen molar-refractivity contribution in [3.8, 4) is 0 Å². The summed E-state index contributed by atoms with van der Waals surface area (Å²) in [7, 11) is 0. The number of nitrogens with one attached hydrogen (secondary N) is 1. The largest absolute Gasteiger partial charge is 0.386 e. The Bertz CT molecular complexity index is 63.5. The van der Waals surface area contributed by atoms with Crippen LogP contribution in [-0.2, 0) is 0 Å². The monoisotopic (exact) mass is 159 g/mol. The molecule has 0 aliphatic carbocycles. The Hall–Kier alpha value is 0.01000. The van der Waals surface area contributed by atoms with Gasteiger partial charge in [-0.05, 0) is 6.92 Å². The van der Waals surface area contributed by atoms with E-state index in [2.05, 4.69) is 0 Å². The van der Waals surface area contributed by atoms with Gasteiger partial charge >= 0.3 is 0 Å². The van der Waals surface area contributed by atoms with E-state index >= 15 is 0 Å². The normalized spacial score (nSPS) is 10.2. The molecular weight excluding hydrogens is 149 g/mol. The van der Waals surface area contributed by atoms with Gasteiger partial charge in [0.15, 0.2) is 0 Å². The number of hydrogen-bond donors (Lipinski definition) is 3. The molecule has 3 nitrogen and oxygen atoms in total. The van der Waals surface area contributed by atoms with E-state index in [4.69, 9.17) is 16.9 Å². The first-order chi connectivity index (χ1) is 2.64. The fourth-order valence-corrected chi connectivity index (χ4v) is 0. The van der Waals surface area contributed by atoms with Crippen LogP contribution in [0.1, 0.15) is 6.92 Å². The molecule has 52 valence electrons. The molecule has 0 heterocycles. The maximum absolute atomic E-state index is 6.60. The molecule has 5 heteroatoms. The first-order valence-electron chi connectivity index (χ1n) is 1.74. The van der Waals surface area contributed by atoms with Gasteiger partial charge < -0.3 is 11.5 Å². The Kier molecular flexibility index (Phi) is 13.7. The van der Waals surface area contributed by atoms with Gasteiger partial charge in [-0.1, -0.05) is 0 Å². The maximum Gasteiger partial charge on any atom is 0.107 e. The predicted molar refractivity (Wildman–Crippen MR) is 40.1 cm³/mol. The van der Waals surface area contributed by atoms with Gasteiger partial charge in [0.25, 0.3) is 0 Å². The average Bonchev–Trinajstić information content (AvgIpc) is 1.36. The highest BCUT2D eigenvalue weighted by molar-refractivity contribution is 5.85. The fraction of sp³-hybridized carbons (Fsp3) is 0.667. The summed E-state index contributed by atoms with van der Waals surface area (Å²) in [5, 5.41) is 6.60. The van der Waals surface area contributed by atoms with Crippen LogP contribution in [0, 0.1) is 5.41 Å². The summed E-state index contributed by atoms with van der Waals surface area (Å²) >= 11 is 0. The van der Waals surface area contributed by atoms with Crippen molar-refractivity contribution >= 4 is 30.6 Å². The molecule has 1 unspecified atom stereocenters. The molecule has 0 aromatic rings. The van der Waals surface area contributed by atoms with E-state index in [-0.39, 0.29) is 36.7 Å². The molecule has 0 radical (unpaired) electrons. The highest BCUT2D eigenvalue weighted by Gasteiger charge is 1.91. The molecule has 0 amide bonds. The molecule has 0 aliphatic rings. The van der Waals surface area contributed by atoms with Crippen molar-refractivity contribution in [2.24, 2.45) is 11.5 Å². The smallest absolute Gasteiger partial charge is 0.107 e. The molecule has 0 aromatic heterocycles. The Balaban J connectivity index is -0.000000125. The fourth-order valence-electron chi connectivity index (χ4n) is 0. The Morgan fingerprint density at radius 3 is 1.62 bits per heavy atom. The first-order valence-corrected chi connectivity index (χ1v) is 1.74. The molecule has 5 N–H and O–H groups in total. The van der Waals surface area contributed by atoms with Crippen molar-refractivity contribution in [1.29, 1.82) is 5.41 Å². The maximum atomic E-state index is 6.60. The summed E-state index contributed by atoms with van der Waals surface area (Å²) in [6.07, 6.45) is 0. The lowest BCUT2D eigenvalue weighted by Gasteiger charge is -1.96. The lowest BCUT2D eigenvalue weighted by molar-refractivity contribution is 0.951. The molecule has 0 spiro atoms. The third-order valence-electron chi connectivity index (χ3n) is 0.491.